The monoisotopic (exact) mass is 377 g/mol. The number of aryl methyl sites for hydroxylation is 1. The second-order valence-electron chi connectivity index (χ2n) is 8.70. The lowest BCUT2D eigenvalue weighted by Gasteiger charge is -2.13. The molecule has 5 heteroatoms. The third-order valence-corrected chi connectivity index (χ3v) is 6.72. The van der Waals surface area contributed by atoms with E-state index >= 15 is 8.78 Å². The van der Waals surface area contributed by atoms with Gasteiger partial charge in [-0.3, -0.25) is 0 Å². The van der Waals surface area contributed by atoms with Crippen LogP contribution in [0.4, 0.5) is 8.78 Å². The van der Waals surface area contributed by atoms with Crippen molar-refractivity contribution >= 4 is 0 Å². The Balaban J connectivity index is 1.37. The Morgan fingerprint density at radius 3 is 2.54 bits per heavy atom. The maximum absolute atomic E-state index is 15.1. The summed E-state index contributed by atoms with van der Waals surface area (Å²) in [5.41, 5.74) is 4.32. The zero-order valence-electron chi connectivity index (χ0n) is 15.7. The molecule has 2 aromatic carbocycles. The van der Waals surface area contributed by atoms with Crippen molar-refractivity contribution < 1.29 is 8.78 Å². The van der Waals surface area contributed by atoms with E-state index in [-0.39, 0.29) is 17.2 Å². The summed E-state index contributed by atoms with van der Waals surface area (Å²) in [6.45, 7) is 2.90. The summed E-state index contributed by atoms with van der Waals surface area (Å²) in [6.07, 6.45) is 5.46. The lowest BCUT2D eigenvalue weighted by atomic mass is 10.0. The first-order chi connectivity index (χ1) is 13.5. The molecule has 1 saturated carbocycles. The largest absolute Gasteiger partial charge is 0.341 e. The van der Waals surface area contributed by atoms with Crippen LogP contribution >= 0.6 is 0 Å². The van der Waals surface area contributed by atoms with Crippen molar-refractivity contribution in [1.82, 2.24) is 15.3 Å². The van der Waals surface area contributed by atoms with Crippen molar-refractivity contribution in [2.24, 2.45) is 5.41 Å². The van der Waals surface area contributed by atoms with Crippen molar-refractivity contribution in [2.75, 3.05) is 6.54 Å². The van der Waals surface area contributed by atoms with Crippen LogP contribution in [0.5, 0.6) is 0 Å². The number of aromatic amines is 1. The summed E-state index contributed by atoms with van der Waals surface area (Å²) < 4.78 is 30.2. The molecule has 28 heavy (non-hydrogen) atoms. The highest BCUT2D eigenvalue weighted by atomic mass is 19.3. The Bertz CT molecular complexity index is 1110. The molecule has 1 saturated heterocycles. The molecule has 142 valence electrons. The van der Waals surface area contributed by atoms with Gasteiger partial charge in [-0.15, -0.1) is 0 Å². The average Bonchev–Trinajstić information content (AvgIpc) is 3.03. The summed E-state index contributed by atoms with van der Waals surface area (Å²) >= 11 is 0. The number of nitrogens with one attached hydrogen (secondary N) is 2. The van der Waals surface area contributed by atoms with Crippen LogP contribution in [0.15, 0.2) is 42.6 Å². The lowest BCUT2D eigenvalue weighted by Crippen LogP contribution is -2.15. The molecule has 3 nitrogen and oxygen atoms in total. The molecular formula is C23H21F2N3. The summed E-state index contributed by atoms with van der Waals surface area (Å²) in [4.78, 5) is 7.91. The standard InChI is InChI=1S/C23H21F2N3/c1-13-2-4-15-16-5-3-14(9-18(16)23(24,25)17(15)8-13)20-11-26-21(28-20)19-10-22(6-7-22)12-27-19/h2-5,8-9,11,19,27H,6-7,10,12H2,1H3,(H,26,28)/t19-/m0/s1. The maximum atomic E-state index is 15.1. The second-order valence-corrected chi connectivity index (χ2v) is 8.70. The number of aromatic nitrogens is 2. The highest BCUT2D eigenvalue weighted by Crippen LogP contribution is 2.55. The molecule has 6 rings (SSSR count). The fourth-order valence-corrected chi connectivity index (χ4v) is 4.83. The van der Waals surface area contributed by atoms with E-state index in [1.165, 1.54) is 12.8 Å². The molecule has 2 N–H and O–H groups in total. The second kappa shape index (κ2) is 5.29. The van der Waals surface area contributed by atoms with Crippen LogP contribution in [0, 0.1) is 12.3 Å². The smallest absolute Gasteiger partial charge is 0.299 e. The van der Waals surface area contributed by atoms with Gasteiger partial charge < -0.3 is 10.3 Å². The van der Waals surface area contributed by atoms with Crippen molar-refractivity contribution in [1.29, 1.82) is 0 Å². The molecule has 1 atom stereocenters. The van der Waals surface area contributed by atoms with Crippen molar-refractivity contribution in [3.05, 3.63) is 65.1 Å². The summed E-state index contributed by atoms with van der Waals surface area (Å²) in [7, 11) is 0. The van der Waals surface area contributed by atoms with Gasteiger partial charge in [0.2, 0.25) is 0 Å². The normalized spacial score (nSPS) is 23.0. The van der Waals surface area contributed by atoms with Gasteiger partial charge in [0.15, 0.2) is 0 Å². The first-order valence-corrected chi connectivity index (χ1v) is 9.88. The first-order valence-electron chi connectivity index (χ1n) is 9.88. The van der Waals surface area contributed by atoms with Crippen LogP contribution in [-0.2, 0) is 5.92 Å². The molecule has 1 aliphatic heterocycles. The Kier molecular flexibility index (Phi) is 3.10. The number of imidazole rings is 1. The molecule has 1 spiro atoms. The van der Waals surface area contributed by atoms with Crippen LogP contribution in [0.25, 0.3) is 22.4 Å². The predicted octanol–water partition coefficient (Wildman–Crippen LogP) is 5.32. The minimum atomic E-state index is -2.97. The van der Waals surface area contributed by atoms with Crippen molar-refractivity contribution in [3.63, 3.8) is 0 Å². The van der Waals surface area contributed by atoms with E-state index in [2.05, 4.69) is 15.3 Å². The number of fused-ring (bicyclic) bond motifs is 3. The Labute approximate surface area is 162 Å². The zero-order valence-corrected chi connectivity index (χ0v) is 15.7. The van der Waals surface area contributed by atoms with E-state index in [1.807, 2.05) is 25.1 Å². The van der Waals surface area contributed by atoms with Crippen molar-refractivity contribution in [3.8, 4) is 22.4 Å². The number of benzene rings is 2. The molecule has 3 aliphatic rings. The van der Waals surface area contributed by atoms with Crippen LogP contribution in [0.3, 0.4) is 0 Å². The average molecular weight is 377 g/mol. The Hall–Kier alpha value is -2.53. The molecule has 2 aliphatic carbocycles. The predicted molar refractivity (Wildman–Crippen MR) is 104 cm³/mol. The number of rotatable bonds is 2. The Morgan fingerprint density at radius 1 is 1.04 bits per heavy atom. The zero-order chi connectivity index (χ0) is 19.1. The van der Waals surface area contributed by atoms with Gasteiger partial charge in [0.1, 0.15) is 5.82 Å². The summed E-state index contributed by atoms with van der Waals surface area (Å²) in [5.74, 6) is -2.06. The van der Waals surface area contributed by atoms with Crippen LogP contribution < -0.4 is 5.32 Å². The third-order valence-electron chi connectivity index (χ3n) is 6.72. The number of halogens is 2. The van der Waals surface area contributed by atoms with Crippen molar-refractivity contribution in [2.45, 2.75) is 38.2 Å². The molecule has 1 aromatic heterocycles. The summed E-state index contributed by atoms with van der Waals surface area (Å²) in [6, 6.07) is 10.9. The number of hydrogen-bond acceptors (Lipinski definition) is 2. The Morgan fingerprint density at radius 2 is 1.79 bits per heavy atom. The van der Waals surface area contributed by atoms with E-state index in [1.54, 1.807) is 24.4 Å². The van der Waals surface area contributed by atoms with Crippen LogP contribution in [0.1, 0.15) is 47.8 Å². The molecule has 3 aromatic rings. The molecule has 0 amide bonds. The fraction of sp³-hybridized carbons (Fsp3) is 0.348. The summed E-state index contributed by atoms with van der Waals surface area (Å²) in [5, 5.41) is 3.55. The number of H-pyrrole nitrogens is 1. The van der Waals surface area contributed by atoms with Crippen LogP contribution in [0.2, 0.25) is 0 Å². The fourth-order valence-electron chi connectivity index (χ4n) is 4.83. The number of hydrogen-bond donors (Lipinski definition) is 2. The molecule has 0 bridgehead atoms. The topological polar surface area (TPSA) is 40.7 Å². The maximum Gasteiger partial charge on any atom is 0.299 e. The van der Waals surface area contributed by atoms with E-state index in [4.69, 9.17) is 0 Å². The quantitative estimate of drug-likeness (QED) is 0.635. The molecule has 0 unspecified atom stereocenters. The van der Waals surface area contributed by atoms with Gasteiger partial charge >= 0.3 is 0 Å². The van der Waals surface area contributed by atoms with Gasteiger partial charge in [0.25, 0.3) is 5.92 Å². The highest BCUT2D eigenvalue weighted by molar-refractivity contribution is 5.82. The van der Waals surface area contributed by atoms with E-state index in [0.717, 1.165) is 35.6 Å². The van der Waals surface area contributed by atoms with E-state index in [0.29, 0.717) is 16.5 Å². The molecule has 0 radical (unpaired) electrons. The van der Waals surface area contributed by atoms with Gasteiger partial charge in [0.05, 0.1) is 17.9 Å². The minimum absolute atomic E-state index is 0.0812. The van der Waals surface area contributed by atoms with Gasteiger partial charge in [-0.05, 0) is 54.9 Å². The molecule has 2 heterocycles. The van der Waals surface area contributed by atoms with E-state index < -0.39 is 5.92 Å². The van der Waals surface area contributed by atoms with Gasteiger partial charge in [-0.1, -0.05) is 29.8 Å². The number of alkyl halides is 2. The van der Waals surface area contributed by atoms with E-state index in [9.17, 15) is 0 Å². The molecule has 2 fully saturated rings. The lowest BCUT2D eigenvalue weighted by molar-refractivity contribution is 0.0480. The molecular weight excluding hydrogens is 356 g/mol. The highest BCUT2D eigenvalue weighted by Gasteiger charge is 2.49. The SMILES string of the molecule is Cc1ccc2c(c1)C(F)(F)c1cc(-c3cnc([C@@H]4CC5(CC5)CN4)[nH]3)ccc1-2. The minimum Gasteiger partial charge on any atom is -0.341 e. The first kappa shape index (κ1) is 16.4. The van der Waals surface area contributed by atoms with Crippen LogP contribution in [-0.4, -0.2) is 16.5 Å². The van der Waals surface area contributed by atoms with Gasteiger partial charge in [0, 0.05) is 23.2 Å². The third kappa shape index (κ3) is 2.26. The van der Waals surface area contributed by atoms with Gasteiger partial charge in [-0.25, -0.2) is 4.98 Å². The number of nitrogens with zero attached hydrogens (tertiary/aromatic N) is 1. The van der Waals surface area contributed by atoms with Gasteiger partial charge in [-0.2, -0.15) is 8.78 Å².